The third kappa shape index (κ3) is 3.44. The second-order valence-electron chi connectivity index (χ2n) is 4.50. The summed E-state index contributed by atoms with van der Waals surface area (Å²) in [6.45, 7) is 4.49. The fourth-order valence-corrected chi connectivity index (χ4v) is 2.33. The molecular weight excluding hydrogens is 304 g/mol. The number of aryl methyl sites for hydroxylation is 2. The molecule has 0 radical (unpaired) electrons. The maximum atomic E-state index is 10.7. The molecule has 19 heavy (non-hydrogen) atoms. The molecule has 0 aliphatic carbocycles. The number of hydrogen-bond acceptors (Lipinski definition) is 2. The Kier molecular flexibility index (Phi) is 4.38. The number of halogens is 1. The number of ether oxygens (including phenoxy) is 1. The Balaban J connectivity index is 2.10. The number of benzene rings is 2. The second-order valence-corrected chi connectivity index (χ2v) is 5.41. The molecule has 0 spiro atoms. The molecule has 0 unspecified atom stereocenters. The van der Waals surface area contributed by atoms with Crippen molar-refractivity contribution in [2.75, 3.05) is 0 Å². The lowest BCUT2D eigenvalue weighted by molar-refractivity contribution is 0.112. The first-order valence-electron chi connectivity index (χ1n) is 6.04. The van der Waals surface area contributed by atoms with E-state index in [1.54, 1.807) is 6.07 Å². The van der Waals surface area contributed by atoms with Crippen LogP contribution in [0.1, 0.15) is 27.0 Å². The zero-order valence-corrected chi connectivity index (χ0v) is 12.5. The summed E-state index contributed by atoms with van der Waals surface area (Å²) in [6.07, 6.45) is 0.859. The van der Waals surface area contributed by atoms with E-state index in [0.717, 1.165) is 27.6 Å². The molecule has 2 aromatic rings. The monoisotopic (exact) mass is 318 g/mol. The van der Waals surface area contributed by atoms with E-state index in [1.807, 2.05) is 31.2 Å². The molecule has 98 valence electrons. The number of carbonyl (C=O) groups is 1. The average molecular weight is 319 g/mol. The van der Waals surface area contributed by atoms with Gasteiger partial charge in [-0.05, 0) is 60.9 Å². The van der Waals surface area contributed by atoms with E-state index in [2.05, 4.69) is 28.9 Å². The van der Waals surface area contributed by atoms with Crippen LogP contribution >= 0.6 is 15.9 Å². The standard InChI is InChI=1S/C16H15BrO2/c1-11-7-15(17)5-3-14(11)10-19-16-6-4-13(9-18)12(2)8-16/h3-9H,10H2,1-2H3. The van der Waals surface area contributed by atoms with Crippen LogP contribution in [0.5, 0.6) is 5.75 Å². The van der Waals surface area contributed by atoms with Crippen molar-refractivity contribution in [3.05, 3.63) is 63.1 Å². The Hall–Kier alpha value is -1.61. The normalized spacial score (nSPS) is 10.3. The molecule has 2 aromatic carbocycles. The Morgan fingerprint density at radius 3 is 2.53 bits per heavy atom. The van der Waals surface area contributed by atoms with Crippen molar-refractivity contribution in [1.82, 2.24) is 0 Å². The summed E-state index contributed by atoms with van der Waals surface area (Å²) >= 11 is 3.44. The molecule has 0 aliphatic rings. The predicted octanol–water partition coefficient (Wildman–Crippen LogP) is 4.46. The molecular formula is C16H15BrO2. The van der Waals surface area contributed by atoms with Crippen LogP contribution < -0.4 is 4.74 Å². The number of carbonyl (C=O) groups excluding carboxylic acids is 1. The van der Waals surface area contributed by atoms with Crippen LogP contribution in [0.3, 0.4) is 0 Å². The van der Waals surface area contributed by atoms with E-state index >= 15 is 0 Å². The van der Waals surface area contributed by atoms with Crippen LogP contribution in [-0.4, -0.2) is 6.29 Å². The summed E-state index contributed by atoms with van der Waals surface area (Å²) in [5, 5.41) is 0. The summed E-state index contributed by atoms with van der Waals surface area (Å²) < 4.78 is 6.83. The zero-order chi connectivity index (χ0) is 13.8. The van der Waals surface area contributed by atoms with Gasteiger partial charge in [-0.15, -0.1) is 0 Å². The summed E-state index contributed by atoms with van der Waals surface area (Å²) in [4.78, 5) is 10.7. The van der Waals surface area contributed by atoms with Gasteiger partial charge in [0.15, 0.2) is 0 Å². The maximum Gasteiger partial charge on any atom is 0.150 e. The van der Waals surface area contributed by atoms with Gasteiger partial charge in [0.25, 0.3) is 0 Å². The molecule has 2 nitrogen and oxygen atoms in total. The molecule has 0 aromatic heterocycles. The largest absolute Gasteiger partial charge is 0.489 e. The van der Waals surface area contributed by atoms with Gasteiger partial charge >= 0.3 is 0 Å². The van der Waals surface area contributed by atoms with Crippen molar-refractivity contribution >= 4 is 22.2 Å². The van der Waals surface area contributed by atoms with Crippen molar-refractivity contribution in [2.45, 2.75) is 20.5 Å². The van der Waals surface area contributed by atoms with Crippen LogP contribution in [0, 0.1) is 13.8 Å². The molecule has 0 heterocycles. The van der Waals surface area contributed by atoms with Gasteiger partial charge in [-0.3, -0.25) is 4.79 Å². The lowest BCUT2D eigenvalue weighted by Crippen LogP contribution is -1.98. The summed E-state index contributed by atoms with van der Waals surface area (Å²) in [5.41, 5.74) is 3.98. The summed E-state index contributed by atoms with van der Waals surface area (Å²) in [7, 11) is 0. The first-order chi connectivity index (χ1) is 9.10. The number of hydrogen-bond donors (Lipinski definition) is 0. The fraction of sp³-hybridized carbons (Fsp3) is 0.188. The lowest BCUT2D eigenvalue weighted by Gasteiger charge is -2.10. The fourth-order valence-electron chi connectivity index (χ4n) is 1.85. The SMILES string of the molecule is Cc1cc(OCc2ccc(Br)cc2C)ccc1C=O. The minimum Gasteiger partial charge on any atom is -0.489 e. The highest BCUT2D eigenvalue weighted by molar-refractivity contribution is 9.10. The highest BCUT2D eigenvalue weighted by Crippen LogP contribution is 2.20. The van der Waals surface area contributed by atoms with Crippen molar-refractivity contribution in [1.29, 1.82) is 0 Å². The smallest absolute Gasteiger partial charge is 0.150 e. The Morgan fingerprint density at radius 2 is 1.89 bits per heavy atom. The van der Waals surface area contributed by atoms with Gasteiger partial charge in [0.1, 0.15) is 18.6 Å². The minimum absolute atomic E-state index is 0.527. The predicted molar refractivity (Wildman–Crippen MR) is 79.8 cm³/mol. The Labute approximate surface area is 121 Å². The Bertz CT molecular complexity index is 606. The van der Waals surface area contributed by atoms with E-state index in [4.69, 9.17) is 4.74 Å². The van der Waals surface area contributed by atoms with E-state index in [1.165, 1.54) is 5.56 Å². The molecule has 0 atom stereocenters. The van der Waals surface area contributed by atoms with E-state index < -0.39 is 0 Å². The topological polar surface area (TPSA) is 26.3 Å². The molecule has 0 saturated carbocycles. The molecule has 2 rings (SSSR count). The van der Waals surface area contributed by atoms with Gasteiger partial charge in [0, 0.05) is 10.0 Å². The number of rotatable bonds is 4. The van der Waals surface area contributed by atoms with Crippen LogP contribution in [-0.2, 0) is 6.61 Å². The first kappa shape index (κ1) is 13.8. The van der Waals surface area contributed by atoms with Crippen molar-refractivity contribution < 1.29 is 9.53 Å². The molecule has 0 bridgehead atoms. The molecule has 3 heteroatoms. The lowest BCUT2D eigenvalue weighted by atomic mass is 10.1. The Morgan fingerprint density at radius 1 is 1.11 bits per heavy atom. The third-order valence-electron chi connectivity index (χ3n) is 3.07. The van der Waals surface area contributed by atoms with Gasteiger partial charge in [0.2, 0.25) is 0 Å². The van der Waals surface area contributed by atoms with E-state index in [-0.39, 0.29) is 0 Å². The van der Waals surface area contributed by atoms with Crippen molar-refractivity contribution in [3.8, 4) is 5.75 Å². The summed E-state index contributed by atoms with van der Waals surface area (Å²) in [6, 6.07) is 11.6. The average Bonchev–Trinajstić information content (AvgIpc) is 2.38. The van der Waals surface area contributed by atoms with Gasteiger partial charge < -0.3 is 4.74 Å². The van der Waals surface area contributed by atoms with E-state index in [9.17, 15) is 4.79 Å². The van der Waals surface area contributed by atoms with Crippen LogP contribution in [0.25, 0.3) is 0 Å². The quantitative estimate of drug-likeness (QED) is 0.778. The highest BCUT2D eigenvalue weighted by Gasteiger charge is 2.03. The van der Waals surface area contributed by atoms with Gasteiger partial charge in [-0.1, -0.05) is 22.0 Å². The van der Waals surface area contributed by atoms with Crippen LogP contribution in [0.4, 0.5) is 0 Å². The second kappa shape index (κ2) is 6.02. The number of aldehydes is 1. The minimum atomic E-state index is 0.527. The van der Waals surface area contributed by atoms with Gasteiger partial charge in [0.05, 0.1) is 0 Å². The van der Waals surface area contributed by atoms with Crippen LogP contribution in [0.15, 0.2) is 40.9 Å². The van der Waals surface area contributed by atoms with Crippen molar-refractivity contribution in [2.24, 2.45) is 0 Å². The molecule has 0 aliphatic heterocycles. The highest BCUT2D eigenvalue weighted by atomic mass is 79.9. The van der Waals surface area contributed by atoms with Gasteiger partial charge in [-0.2, -0.15) is 0 Å². The van der Waals surface area contributed by atoms with Crippen molar-refractivity contribution in [3.63, 3.8) is 0 Å². The molecule has 0 saturated heterocycles. The zero-order valence-electron chi connectivity index (χ0n) is 10.9. The summed E-state index contributed by atoms with van der Waals surface area (Å²) in [5.74, 6) is 0.783. The first-order valence-corrected chi connectivity index (χ1v) is 6.83. The van der Waals surface area contributed by atoms with Crippen LogP contribution in [0.2, 0.25) is 0 Å². The molecule has 0 N–H and O–H groups in total. The van der Waals surface area contributed by atoms with Gasteiger partial charge in [-0.25, -0.2) is 0 Å². The maximum absolute atomic E-state index is 10.7. The van der Waals surface area contributed by atoms with E-state index in [0.29, 0.717) is 12.2 Å². The molecule has 0 fully saturated rings. The molecule has 0 amide bonds. The third-order valence-corrected chi connectivity index (χ3v) is 3.56.